The molecule has 5 rings (SSSR count). The lowest BCUT2D eigenvalue weighted by molar-refractivity contribution is -0.144. The van der Waals surface area contributed by atoms with Gasteiger partial charge in [0, 0.05) is 23.7 Å². The lowest BCUT2D eigenvalue weighted by Crippen LogP contribution is -2.49. The van der Waals surface area contributed by atoms with Crippen LogP contribution >= 0.6 is 11.6 Å². The highest BCUT2D eigenvalue weighted by Gasteiger charge is 2.41. The molecular formula is C33H27ClF3N5O3. The van der Waals surface area contributed by atoms with Gasteiger partial charge in [-0.25, -0.2) is 9.98 Å². The number of amides is 3. The zero-order valence-electron chi connectivity index (χ0n) is 23.6. The number of para-hydroxylation sites is 1. The SMILES string of the molecule is NC(=O)[C@@H](c1ccccc1)[C@@H](CCC(F)(F)F)C(=O)N[C@H]1N=C(c2ccccc2)c2ccccc2N(c2ccc(Cl)cn2)C1=O. The lowest BCUT2D eigenvalue weighted by atomic mass is 9.81. The van der Waals surface area contributed by atoms with E-state index < -0.39 is 54.7 Å². The van der Waals surface area contributed by atoms with Crippen LogP contribution in [0.5, 0.6) is 0 Å². The molecule has 12 heteroatoms. The van der Waals surface area contributed by atoms with Crippen molar-refractivity contribution >= 4 is 46.5 Å². The van der Waals surface area contributed by atoms with Crippen LogP contribution in [0.25, 0.3) is 0 Å². The number of anilines is 2. The first-order valence-corrected chi connectivity index (χ1v) is 14.3. The Bertz CT molecular complexity index is 1720. The van der Waals surface area contributed by atoms with E-state index in [0.29, 0.717) is 27.5 Å². The standard InChI is InChI=1S/C33H27ClF3N5O3/c34-22-15-16-26(39-19-22)42-25-14-8-7-13-23(25)28(21-11-5-2-6-12-21)40-30(32(42)45)41-31(44)24(17-18-33(35,36)37)27(29(38)43)20-9-3-1-4-10-20/h1-16,19,24,27,30H,17-18H2,(H2,38,43)(H,41,44)/t24-,27+,30-/m1/s1. The van der Waals surface area contributed by atoms with Crippen molar-refractivity contribution in [3.8, 4) is 0 Å². The van der Waals surface area contributed by atoms with Gasteiger partial charge in [-0.05, 0) is 30.2 Å². The minimum atomic E-state index is -4.62. The predicted molar refractivity (Wildman–Crippen MR) is 164 cm³/mol. The molecule has 0 bridgehead atoms. The van der Waals surface area contributed by atoms with Crippen molar-refractivity contribution < 1.29 is 27.6 Å². The molecule has 1 aliphatic heterocycles. The average Bonchev–Trinajstić information content (AvgIpc) is 3.14. The van der Waals surface area contributed by atoms with Gasteiger partial charge in [0.05, 0.1) is 28.3 Å². The van der Waals surface area contributed by atoms with Crippen LogP contribution < -0.4 is 16.0 Å². The Hall–Kier alpha value is -5.03. The normalized spacial score (nSPS) is 16.2. The molecular weight excluding hydrogens is 607 g/mol. The number of halogens is 4. The summed E-state index contributed by atoms with van der Waals surface area (Å²) in [6.07, 6.45) is -6.99. The number of alkyl halides is 3. The van der Waals surface area contributed by atoms with Crippen molar-refractivity contribution in [1.82, 2.24) is 10.3 Å². The summed E-state index contributed by atoms with van der Waals surface area (Å²) in [4.78, 5) is 51.1. The van der Waals surface area contributed by atoms with Gasteiger partial charge in [-0.2, -0.15) is 13.2 Å². The van der Waals surface area contributed by atoms with E-state index in [2.05, 4.69) is 15.3 Å². The second kappa shape index (κ2) is 13.3. The molecule has 1 aliphatic rings. The number of carbonyl (C=O) groups is 3. The number of primary amides is 1. The molecule has 0 saturated carbocycles. The largest absolute Gasteiger partial charge is 0.389 e. The average molecular weight is 634 g/mol. The third-order valence-electron chi connectivity index (χ3n) is 7.32. The van der Waals surface area contributed by atoms with Crippen LogP contribution in [0.1, 0.15) is 35.4 Å². The molecule has 0 fully saturated rings. The molecule has 3 atom stereocenters. The fourth-order valence-electron chi connectivity index (χ4n) is 5.29. The highest BCUT2D eigenvalue weighted by atomic mass is 35.5. The van der Waals surface area contributed by atoms with Crippen LogP contribution in [0.2, 0.25) is 5.02 Å². The predicted octanol–water partition coefficient (Wildman–Crippen LogP) is 5.92. The number of benzodiazepines with no additional fused rings is 1. The molecule has 8 nitrogen and oxygen atoms in total. The van der Waals surface area contributed by atoms with Crippen molar-refractivity contribution in [3.63, 3.8) is 0 Å². The van der Waals surface area contributed by atoms with E-state index in [4.69, 9.17) is 17.3 Å². The van der Waals surface area contributed by atoms with Crippen LogP contribution in [0.15, 0.2) is 108 Å². The smallest absolute Gasteiger partial charge is 0.369 e. The monoisotopic (exact) mass is 633 g/mol. The molecule has 1 aromatic heterocycles. The number of nitrogens with zero attached hydrogens (tertiary/aromatic N) is 3. The number of nitrogens with two attached hydrogens (primary N) is 1. The number of nitrogens with one attached hydrogen (secondary N) is 1. The van der Waals surface area contributed by atoms with Crippen molar-refractivity contribution in [1.29, 1.82) is 0 Å². The minimum Gasteiger partial charge on any atom is -0.369 e. The number of aromatic nitrogens is 1. The van der Waals surface area contributed by atoms with E-state index in [1.807, 2.05) is 0 Å². The van der Waals surface area contributed by atoms with E-state index in [1.54, 1.807) is 78.9 Å². The molecule has 0 radical (unpaired) electrons. The number of rotatable bonds is 9. The van der Waals surface area contributed by atoms with Gasteiger partial charge in [0.15, 0.2) is 0 Å². The molecule has 3 aromatic carbocycles. The van der Waals surface area contributed by atoms with Gasteiger partial charge in [0.1, 0.15) is 5.82 Å². The van der Waals surface area contributed by atoms with Crippen molar-refractivity contribution in [2.45, 2.75) is 31.1 Å². The zero-order chi connectivity index (χ0) is 32.1. The highest BCUT2D eigenvalue weighted by Crippen LogP contribution is 2.35. The Morgan fingerprint density at radius 2 is 1.58 bits per heavy atom. The molecule has 0 spiro atoms. The summed E-state index contributed by atoms with van der Waals surface area (Å²) in [5, 5.41) is 2.87. The molecule has 0 unspecified atom stereocenters. The molecule has 3 N–H and O–H groups in total. The zero-order valence-corrected chi connectivity index (χ0v) is 24.4. The van der Waals surface area contributed by atoms with Gasteiger partial charge in [-0.1, -0.05) is 90.5 Å². The molecule has 0 aliphatic carbocycles. The maximum absolute atomic E-state index is 14.3. The van der Waals surface area contributed by atoms with Gasteiger partial charge >= 0.3 is 6.18 Å². The Kier molecular flexibility index (Phi) is 9.29. The summed E-state index contributed by atoms with van der Waals surface area (Å²) in [6, 6.07) is 26.8. The highest BCUT2D eigenvalue weighted by molar-refractivity contribution is 6.30. The Labute approximate surface area is 261 Å². The first-order valence-electron chi connectivity index (χ1n) is 13.9. The van der Waals surface area contributed by atoms with E-state index >= 15 is 0 Å². The Morgan fingerprint density at radius 3 is 2.20 bits per heavy atom. The van der Waals surface area contributed by atoms with E-state index in [0.717, 1.165) is 0 Å². The van der Waals surface area contributed by atoms with Crippen molar-refractivity contribution in [3.05, 3.63) is 125 Å². The van der Waals surface area contributed by atoms with E-state index in [-0.39, 0.29) is 11.4 Å². The summed E-state index contributed by atoms with van der Waals surface area (Å²) < 4.78 is 40.3. The fourth-order valence-corrected chi connectivity index (χ4v) is 5.40. The molecule has 3 amide bonds. The number of benzene rings is 3. The van der Waals surface area contributed by atoms with E-state index in [1.165, 1.54) is 29.3 Å². The van der Waals surface area contributed by atoms with Crippen LogP contribution in [0.4, 0.5) is 24.7 Å². The van der Waals surface area contributed by atoms with Gasteiger partial charge in [-0.15, -0.1) is 0 Å². The van der Waals surface area contributed by atoms with Gasteiger partial charge in [0.25, 0.3) is 5.91 Å². The number of hydrogen-bond donors (Lipinski definition) is 2. The summed E-state index contributed by atoms with van der Waals surface area (Å²) in [5.41, 5.74) is 7.86. The molecule has 45 heavy (non-hydrogen) atoms. The maximum Gasteiger partial charge on any atom is 0.389 e. The van der Waals surface area contributed by atoms with Crippen LogP contribution in [-0.4, -0.2) is 40.8 Å². The number of fused-ring (bicyclic) bond motifs is 1. The van der Waals surface area contributed by atoms with Crippen molar-refractivity contribution in [2.75, 3.05) is 4.90 Å². The number of aliphatic imine (C=N–C) groups is 1. The first kappa shape index (κ1) is 31.4. The minimum absolute atomic E-state index is 0.175. The van der Waals surface area contributed by atoms with Gasteiger partial charge in [0.2, 0.25) is 18.0 Å². The molecule has 230 valence electrons. The van der Waals surface area contributed by atoms with Gasteiger partial charge in [-0.3, -0.25) is 19.3 Å². The van der Waals surface area contributed by atoms with Crippen LogP contribution in [0, 0.1) is 5.92 Å². The molecule has 0 saturated heterocycles. The van der Waals surface area contributed by atoms with Crippen LogP contribution in [-0.2, 0) is 14.4 Å². The maximum atomic E-state index is 14.3. The third-order valence-corrected chi connectivity index (χ3v) is 7.55. The third kappa shape index (κ3) is 7.21. The number of pyridine rings is 1. The second-order valence-electron chi connectivity index (χ2n) is 10.3. The summed E-state index contributed by atoms with van der Waals surface area (Å²) >= 11 is 6.06. The molecule has 2 heterocycles. The van der Waals surface area contributed by atoms with Crippen LogP contribution in [0.3, 0.4) is 0 Å². The fraction of sp³-hybridized carbons (Fsp3) is 0.182. The lowest BCUT2D eigenvalue weighted by Gasteiger charge is -2.28. The van der Waals surface area contributed by atoms with Gasteiger partial charge < -0.3 is 11.1 Å². The first-order chi connectivity index (χ1) is 21.5. The molecule has 4 aromatic rings. The second-order valence-corrected chi connectivity index (χ2v) is 10.8. The summed E-state index contributed by atoms with van der Waals surface area (Å²) in [6.45, 7) is 0. The Morgan fingerprint density at radius 1 is 0.933 bits per heavy atom. The summed E-state index contributed by atoms with van der Waals surface area (Å²) in [5.74, 6) is -5.50. The number of carbonyl (C=O) groups excluding carboxylic acids is 3. The quantitative estimate of drug-likeness (QED) is 0.238. The van der Waals surface area contributed by atoms with Crippen molar-refractivity contribution in [2.24, 2.45) is 16.6 Å². The topological polar surface area (TPSA) is 118 Å². The van der Waals surface area contributed by atoms with E-state index in [9.17, 15) is 27.6 Å². The summed E-state index contributed by atoms with van der Waals surface area (Å²) in [7, 11) is 0. The number of hydrogen-bond acceptors (Lipinski definition) is 5. The Balaban J connectivity index is 1.62.